The molecular formula is C14H21N2O4. The van der Waals surface area contributed by atoms with Gasteiger partial charge >= 0.3 is 5.97 Å². The largest absolute Gasteiger partial charge is 0.481 e. The van der Waals surface area contributed by atoms with Gasteiger partial charge in [0.2, 0.25) is 5.91 Å². The van der Waals surface area contributed by atoms with Crippen molar-refractivity contribution in [1.29, 1.82) is 0 Å². The molecule has 1 radical (unpaired) electrons. The van der Waals surface area contributed by atoms with Gasteiger partial charge in [-0.3, -0.25) is 9.59 Å². The summed E-state index contributed by atoms with van der Waals surface area (Å²) in [6.45, 7) is 2.00. The Morgan fingerprint density at radius 3 is 2.70 bits per heavy atom. The molecule has 2 N–H and O–H groups in total. The van der Waals surface area contributed by atoms with Crippen molar-refractivity contribution in [1.82, 2.24) is 10.4 Å². The molecule has 6 heteroatoms. The van der Waals surface area contributed by atoms with Gasteiger partial charge in [0.15, 0.2) is 0 Å². The molecule has 2 saturated heterocycles. The second-order valence-electron chi connectivity index (χ2n) is 7.09. The van der Waals surface area contributed by atoms with Gasteiger partial charge < -0.3 is 10.4 Å². The molecular weight excluding hydrogens is 260 g/mol. The maximum atomic E-state index is 12.3. The van der Waals surface area contributed by atoms with E-state index >= 15 is 0 Å². The first-order valence-corrected chi connectivity index (χ1v) is 7.31. The topological polar surface area (TPSA) is 89.5 Å². The zero-order chi connectivity index (χ0) is 14.5. The Balaban J connectivity index is 1.70. The van der Waals surface area contributed by atoms with E-state index in [1.807, 2.05) is 6.92 Å². The zero-order valence-electron chi connectivity index (χ0n) is 11.7. The van der Waals surface area contributed by atoms with Crippen LogP contribution < -0.4 is 5.32 Å². The summed E-state index contributed by atoms with van der Waals surface area (Å²) >= 11 is 0. The number of carbonyl (C=O) groups is 2. The minimum Gasteiger partial charge on any atom is -0.481 e. The van der Waals surface area contributed by atoms with Crippen LogP contribution in [-0.2, 0) is 14.8 Å². The van der Waals surface area contributed by atoms with Crippen LogP contribution in [0.5, 0.6) is 0 Å². The maximum Gasteiger partial charge on any atom is 0.303 e. The van der Waals surface area contributed by atoms with Crippen LogP contribution in [0.4, 0.5) is 0 Å². The number of amides is 1. The predicted octanol–water partition coefficient (Wildman–Crippen LogP) is 1.09. The molecule has 2 heterocycles. The number of piperidine rings is 2. The number of nitrogens with zero attached hydrogens (tertiary/aromatic N) is 1. The van der Waals surface area contributed by atoms with Crippen LogP contribution in [0.25, 0.3) is 0 Å². The number of carboxylic acids is 1. The first kappa shape index (κ1) is 13.8. The molecule has 2 saturated carbocycles. The van der Waals surface area contributed by atoms with Gasteiger partial charge in [0.05, 0.1) is 6.42 Å². The third-order valence-corrected chi connectivity index (χ3v) is 5.19. The van der Waals surface area contributed by atoms with E-state index in [9.17, 15) is 14.8 Å². The van der Waals surface area contributed by atoms with E-state index in [0.29, 0.717) is 18.8 Å². The Kier molecular flexibility index (Phi) is 3.06. The molecule has 4 atom stereocenters. The summed E-state index contributed by atoms with van der Waals surface area (Å²) in [6, 6.07) is 0.0148. The fraction of sp³-hybridized carbons (Fsp3) is 0.857. The van der Waals surface area contributed by atoms with Gasteiger partial charge in [-0.15, -0.1) is 10.3 Å². The minimum atomic E-state index is -0.955. The number of rotatable bonds is 4. The molecule has 2 aliphatic heterocycles. The fourth-order valence-electron chi connectivity index (χ4n) is 4.87. The Morgan fingerprint density at radius 1 is 1.30 bits per heavy atom. The highest BCUT2D eigenvalue weighted by Gasteiger charge is 2.60. The average molecular weight is 281 g/mol. The fourth-order valence-corrected chi connectivity index (χ4v) is 4.87. The number of aliphatic carboxylic acids is 1. The average Bonchev–Trinajstić information content (AvgIpc) is 2.31. The number of carboxylic acid groups (broad SMARTS) is 1. The van der Waals surface area contributed by atoms with Crippen molar-refractivity contribution in [3.05, 3.63) is 0 Å². The highest BCUT2D eigenvalue weighted by atomic mass is 16.5. The number of nitrogens with one attached hydrogen (secondary N) is 1. The summed E-state index contributed by atoms with van der Waals surface area (Å²) < 4.78 is 0. The van der Waals surface area contributed by atoms with E-state index in [-0.39, 0.29) is 35.9 Å². The molecule has 0 aromatic carbocycles. The second kappa shape index (κ2) is 4.43. The smallest absolute Gasteiger partial charge is 0.303 e. The van der Waals surface area contributed by atoms with E-state index in [1.54, 1.807) is 0 Å². The van der Waals surface area contributed by atoms with Crippen molar-refractivity contribution < 1.29 is 19.9 Å². The van der Waals surface area contributed by atoms with Crippen LogP contribution >= 0.6 is 0 Å². The SMILES string of the molecule is CC12CC3CC(CC(NC(=O)CCC(=O)O)(C3)C1)N2[O]. The van der Waals surface area contributed by atoms with Crippen LogP contribution in [0.3, 0.4) is 0 Å². The molecule has 4 unspecified atom stereocenters. The lowest BCUT2D eigenvalue weighted by atomic mass is 9.55. The molecule has 4 bridgehead atoms. The maximum absolute atomic E-state index is 12.3. The Labute approximate surface area is 118 Å². The molecule has 4 rings (SSSR count). The molecule has 111 valence electrons. The van der Waals surface area contributed by atoms with Gasteiger partial charge in [-0.2, -0.15) is 0 Å². The van der Waals surface area contributed by atoms with Crippen molar-refractivity contribution >= 4 is 11.9 Å². The number of hydrogen-bond acceptors (Lipinski definition) is 3. The van der Waals surface area contributed by atoms with Gasteiger partial charge in [0.1, 0.15) is 0 Å². The summed E-state index contributed by atoms with van der Waals surface area (Å²) in [6.07, 6.45) is 4.07. The number of hydrogen-bond donors (Lipinski definition) is 2. The Morgan fingerprint density at radius 2 is 2.05 bits per heavy atom. The summed E-state index contributed by atoms with van der Waals surface area (Å²) in [4.78, 5) is 22.5. The monoisotopic (exact) mass is 281 g/mol. The predicted molar refractivity (Wildman–Crippen MR) is 69.0 cm³/mol. The van der Waals surface area contributed by atoms with Gasteiger partial charge in [-0.05, 0) is 44.9 Å². The Hall–Kier alpha value is -1.14. The lowest BCUT2D eigenvalue weighted by Gasteiger charge is -2.63. The molecule has 20 heavy (non-hydrogen) atoms. The number of hydroxylamine groups is 2. The summed E-state index contributed by atoms with van der Waals surface area (Å²) in [5.41, 5.74) is -0.638. The molecule has 0 aromatic rings. The van der Waals surface area contributed by atoms with Gasteiger partial charge in [0, 0.05) is 23.5 Å². The first-order chi connectivity index (χ1) is 9.32. The minimum absolute atomic E-state index is 0.0148. The van der Waals surface area contributed by atoms with Crippen LogP contribution in [0.1, 0.15) is 51.9 Å². The second-order valence-corrected chi connectivity index (χ2v) is 7.09. The van der Waals surface area contributed by atoms with Crippen molar-refractivity contribution in [2.24, 2.45) is 5.92 Å². The highest BCUT2D eigenvalue weighted by Crippen LogP contribution is 2.55. The van der Waals surface area contributed by atoms with Crippen LogP contribution in [-0.4, -0.2) is 39.2 Å². The van der Waals surface area contributed by atoms with Crippen LogP contribution in [0, 0.1) is 5.92 Å². The Bertz CT molecular complexity index is 454. The third kappa shape index (κ3) is 2.20. The van der Waals surface area contributed by atoms with E-state index in [1.165, 1.54) is 5.06 Å². The molecule has 0 aromatic heterocycles. The van der Waals surface area contributed by atoms with Crippen molar-refractivity contribution in [3.8, 4) is 0 Å². The van der Waals surface area contributed by atoms with E-state index in [2.05, 4.69) is 5.32 Å². The summed E-state index contributed by atoms with van der Waals surface area (Å²) in [5.74, 6) is -0.642. The summed E-state index contributed by atoms with van der Waals surface area (Å²) in [7, 11) is 0. The standard InChI is InChI=1S/C14H21N2O4/c1-13-5-9-4-10(16(13)20)7-14(6-9,8-13)15-11(17)2-3-12(18)19/h9-10H,2-8H2,1H3,(H,15,17)(H,18,19). The zero-order valence-corrected chi connectivity index (χ0v) is 11.7. The van der Waals surface area contributed by atoms with E-state index < -0.39 is 5.97 Å². The van der Waals surface area contributed by atoms with Crippen molar-refractivity contribution in [2.45, 2.75) is 69.0 Å². The highest BCUT2D eigenvalue weighted by molar-refractivity contribution is 5.81. The molecule has 0 spiro atoms. The molecule has 2 aliphatic carbocycles. The third-order valence-electron chi connectivity index (χ3n) is 5.19. The van der Waals surface area contributed by atoms with E-state index in [4.69, 9.17) is 5.11 Å². The normalized spacial score (nSPS) is 42.7. The molecule has 6 nitrogen and oxygen atoms in total. The summed E-state index contributed by atoms with van der Waals surface area (Å²) in [5, 5.41) is 25.2. The van der Waals surface area contributed by atoms with Crippen molar-refractivity contribution in [2.75, 3.05) is 0 Å². The lowest BCUT2D eigenvalue weighted by Crippen LogP contribution is -2.72. The van der Waals surface area contributed by atoms with Gasteiger partial charge in [-0.1, -0.05) is 0 Å². The van der Waals surface area contributed by atoms with Crippen LogP contribution in [0.15, 0.2) is 0 Å². The number of carbonyl (C=O) groups excluding carboxylic acids is 1. The first-order valence-electron chi connectivity index (χ1n) is 7.31. The van der Waals surface area contributed by atoms with Crippen molar-refractivity contribution in [3.63, 3.8) is 0 Å². The lowest BCUT2D eigenvalue weighted by molar-refractivity contribution is -0.312. The molecule has 4 fully saturated rings. The van der Waals surface area contributed by atoms with Crippen LogP contribution in [0.2, 0.25) is 0 Å². The van der Waals surface area contributed by atoms with E-state index in [0.717, 1.165) is 19.3 Å². The quantitative estimate of drug-likeness (QED) is 0.807. The van der Waals surface area contributed by atoms with Gasteiger partial charge in [-0.25, -0.2) is 0 Å². The molecule has 4 aliphatic rings. The van der Waals surface area contributed by atoms with Gasteiger partial charge in [0.25, 0.3) is 0 Å². The molecule has 1 amide bonds.